The largest absolute Gasteiger partial charge is 0.497 e. The number of carbonyl (C=O) groups is 1. The molecule has 1 N–H and O–H groups in total. The number of anilines is 1. The predicted octanol–water partition coefficient (Wildman–Crippen LogP) is 2.89. The van der Waals surface area contributed by atoms with E-state index in [4.69, 9.17) is 9.15 Å². The predicted molar refractivity (Wildman–Crippen MR) is 139 cm³/mol. The number of sulfonamides is 1. The van der Waals surface area contributed by atoms with Gasteiger partial charge in [-0.3, -0.25) is 10.1 Å². The first-order valence-corrected chi connectivity index (χ1v) is 15.1. The summed E-state index contributed by atoms with van der Waals surface area (Å²) in [5, 5.41) is 9.93. The molecule has 1 amide bonds. The molecule has 4 rings (SSSR count). The number of hydrogen-bond acceptors (Lipinski definition) is 9. The number of ether oxygens (including phenoxy) is 1. The zero-order valence-corrected chi connectivity index (χ0v) is 23.0. The van der Waals surface area contributed by atoms with E-state index in [2.05, 4.69) is 15.5 Å². The summed E-state index contributed by atoms with van der Waals surface area (Å²) in [6.45, 7) is 3.69. The van der Waals surface area contributed by atoms with E-state index in [9.17, 15) is 21.6 Å². The normalized spacial score (nSPS) is 15.5. The van der Waals surface area contributed by atoms with Crippen molar-refractivity contribution in [3.63, 3.8) is 0 Å². The van der Waals surface area contributed by atoms with Crippen LogP contribution >= 0.6 is 0 Å². The van der Waals surface area contributed by atoms with Crippen molar-refractivity contribution >= 4 is 31.8 Å². The first kappa shape index (κ1) is 27.7. The smallest absolute Gasteiger partial charge is 0.322 e. The summed E-state index contributed by atoms with van der Waals surface area (Å²) >= 11 is 0. The highest BCUT2D eigenvalue weighted by molar-refractivity contribution is 7.92. The number of methoxy groups -OCH3 is 1. The molecule has 3 aromatic rings. The number of nitrogens with one attached hydrogen (secondary N) is 1. The molecule has 0 saturated carbocycles. The summed E-state index contributed by atoms with van der Waals surface area (Å²) in [7, 11) is -5.51. The minimum absolute atomic E-state index is 0.0442. The Hall–Kier alpha value is -3.29. The second-order valence-electron chi connectivity index (χ2n) is 9.26. The van der Waals surface area contributed by atoms with Crippen LogP contribution < -0.4 is 10.1 Å². The molecule has 0 spiro atoms. The highest BCUT2D eigenvalue weighted by Crippen LogP contribution is 2.26. The van der Waals surface area contributed by atoms with Gasteiger partial charge in [0.25, 0.3) is 0 Å². The fraction of sp³-hybridized carbons (Fsp3) is 0.400. The monoisotopic (exact) mass is 562 g/mol. The Morgan fingerprint density at radius 3 is 2.18 bits per heavy atom. The number of hydrogen-bond donors (Lipinski definition) is 1. The Labute approximate surface area is 222 Å². The van der Waals surface area contributed by atoms with Crippen LogP contribution in [-0.4, -0.2) is 62.7 Å². The quantitative estimate of drug-likeness (QED) is 0.415. The van der Waals surface area contributed by atoms with Crippen molar-refractivity contribution < 1.29 is 30.8 Å². The molecule has 204 valence electrons. The summed E-state index contributed by atoms with van der Waals surface area (Å²) in [5.74, 6) is 0.117. The summed E-state index contributed by atoms with van der Waals surface area (Å²) in [6.07, 6.45) is 0.980. The van der Waals surface area contributed by atoms with Crippen LogP contribution in [0.1, 0.15) is 38.1 Å². The molecule has 13 heteroatoms. The van der Waals surface area contributed by atoms with E-state index in [0.717, 1.165) is 5.56 Å². The van der Waals surface area contributed by atoms with Crippen LogP contribution in [0.4, 0.5) is 6.01 Å². The molecule has 1 saturated heterocycles. The number of sulfone groups is 1. The maximum Gasteiger partial charge on any atom is 0.322 e. The second kappa shape index (κ2) is 11.2. The van der Waals surface area contributed by atoms with Crippen molar-refractivity contribution in [1.82, 2.24) is 14.5 Å². The number of rotatable bonds is 9. The van der Waals surface area contributed by atoms with Gasteiger partial charge in [-0.2, -0.15) is 4.31 Å². The lowest BCUT2D eigenvalue weighted by atomic mass is 9.97. The maximum absolute atomic E-state index is 12.9. The molecular weight excluding hydrogens is 532 g/mol. The lowest BCUT2D eigenvalue weighted by Crippen LogP contribution is -2.41. The summed E-state index contributed by atoms with van der Waals surface area (Å²) in [4.78, 5) is 13.2. The number of carbonyl (C=O) groups excluding carboxylic acids is 1. The van der Waals surface area contributed by atoms with E-state index >= 15 is 0 Å². The van der Waals surface area contributed by atoms with Crippen LogP contribution in [0.25, 0.3) is 0 Å². The molecule has 2 aromatic carbocycles. The minimum Gasteiger partial charge on any atom is -0.497 e. The molecule has 0 unspecified atom stereocenters. The van der Waals surface area contributed by atoms with Crippen LogP contribution in [0.3, 0.4) is 0 Å². The number of aromatic nitrogens is 2. The summed E-state index contributed by atoms with van der Waals surface area (Å²) < 4.78 is 62.4. The fourth-order valence-electron chi connectivity index (χ4n) is 4.08. The molecule has 1 fully saturated rings. The molecule has 1 aliphatic rings. The van der Waals surface area contributed by atoms with Gasteiger partial charge in [-0.1, -0.05) is 17.2 Å². The molecule has 1 aliphatic heterocycles. The molecule has 0 aliphatic carbocycles. The zero-order chi connectivity index (χ0) is 27.5. The van der Waals surface area contributed by atoms with E-state index in [0.29, 0.717) is 18.6 Å². The Morgan fingerprint density at radius 2 is 1.61 bits per heavy atom. The number of benzene rings is 2. The van der Waals surface area contributed by atoms with Gasteiger partial charge in [0.1, 0.15) is 5.75 Å². The second-order valence-corrected chi connectivity index (χ2v) is 13.7. The first-order chi connectivity index (χ1) is 18.0. The van der Waals surface area contributed by atoms with Crippen molar-refractivity contribution in [3.05, 3.63) is 60.0 Å². The van der Waals surface area contributed by atoms with Gasteiger partial charge in [-0.15, -0.1) is 5.10 Å². The van der Waals surface area contributed by atoms with Crippen LogP contribution in [0.15, 0.2) is 62.7 Å². The van der Waals surface area contributed by atoms with Gasteiger partial charge < -0.3 is 9.15 Å². The third-order valence-electron chi connectivity index (χ3n) is 6.45. The lowest BCUT2D eigenvalue weighted by molar-refractivity contribution is -0.121. The average Bonchev–Trinajstić information content (AvgIpc) is 3.35. The van der Waals surface area contributed by atoms with E-state index in [-0.39, 0.29) is 47.1 Å². The Morgan fingerprint density at radius 1 is 1.00 bits per heavy atom. The molecule has 11 nitrogen and oxygen atoms in total. The van der Waals surface area contributed by atoms with Crippen molar-refractivity contribution in [1.29, 1.82) is 0 Å². The lowest BCUT2D eigenvalue weighted by Gasteiger charge is -2.30. The highest BCUT2D eigenvalue weighted by atomic mass is 32.2. The number of nitrogens with zero attached hydrogens (tertiary/aromatic N) is 3. The zero-order valence-electron chi connectivity index (χ0n) is 21.3. The Balaban J connectivity index is 1.31. The molecule has 2 heterocycles. The van der Waals surface area contributed by atoms with Crippen LogP contribution in [0.2, 0.25) is 0 Å². The van der Waals surface area contributed by atoms with Gasteiger partial charge in [0, 0.05) is 19.0 Å². The van der Waals surface area contributed by atoms with Gasteiger partial charge in [-0.05, 0) is 68.7 Å². The van der Waals surface area contributed by atoms with Crippen LogP contribution in [0, 0.1) is 5.92 Å². The van der Waals surface area contributed by atoms with Crippen molar-refractivity contribution in [2.24, 2.45) is 5.92 Å². The number of piperidine rings is 1. The summed E-state index contributed by atoms with van der Waals surface area (Å²) in [5.41, 5.74) is 0.777. The van der Waals surface area contributed by atoms with Crippen molar-refractivity contribution in [2.75, 3.05) is 25.5 Å². The molecule has 0 atom stereocenters. The molecular formula is C25H30N4O7S2. The minimum atomic E-state index is -3.66. The molecule has 0 radical (unpaired) electrons. The SMILES string of the molecule is COc1ccc(S(=O)(=O)N2CCC(C(=O)Nc3nnc(Cc4ccc(S(=O)(=O)C(C)C)cc4)o3)CC2)cc1. The standard InChI is InChI=1S/C25H30N4O7S2/c1-17(2)37(31,32)21-8-4-18(5-9-21)16-23-27-28-25(36-23)26-24(30)19-12-14-29(15-13-19)38(33,34)22-10-6-20(35-3)7-11-22/h4-11,17,19H,12-16H2,1-3H3,(H,26,28,30). The van der Waals surface area contributed by atoms with E-state index in [1.165, 1.54) is 23.5 Å². The van der Waals surface area contributed by atoms with Crippen LogP contribution in [-0.2, 0) is 31.1 Å². The van der Waals surface area contributed by atoms with Gasteiger partial charge >= 0.3 is 6.01 Å². The molecule has 1 aromatic heterocycles. The Bertz CT molecular complexity index is 1480. The van der Waals surface area contributed by atoms with Crippen LogP contribution in [0.5, 0.6) is 5.75 Å². The third kappa shape index (κ3) is 6.05. The van der Waals surface area contributed by atoms with E-state index in [1.54, 1.807) is 50.2 Å². The first-order valence-electron chi connectivity index (χ1n) is 12.1. The van der Waals surface area contributed by atoms with Crippen molar-refractivity contribution in [3.8, 4) is 5.75 Å². The maximum atomic E-state index is 12.9. The highest BCUT2D eigenvalue weighted by Gasteiger charge is 2.32. The van der Waals surface area contributed by atoms with Gasteiger partial charge in [-0.25, -0.2) is 16.8 Å². The molecule has 38 heavy (non-hydrogen) atoms. The third-order valence-corrected chi connectivity index (χ3v) is 10.5. The average molecular weight is 563 g/mol. The van der Waals surface area contributed by atoms with E-state index < -0.39 is 31.0 Å². The van der Waals surface area contributed by atoms with E-state index in [1.807, 2.05) is 0 Å². The topological polar surface area (TPSA) is 149 Å². The van der Waals surface area contributed by atoms with Crippen molar-refractivity contribution in [2.45, 2.75) is 48.2 Å². The summed E-state index contributed by atoms with van der Waals surface area (Å²) in [6, 6.07) is 12.6. The fourth-order valence-corrected chi connectivity index (χ4v) is 6.61. The Kier molecular flexibility index (Phi) is 8.19. The van der Waals surface area contributed by atoms with Gasteiger partial charge in [0.15, 0.2) is 9.84 Å². The van der Waals surface area contributed by atoms with Gasteiger partial charge in [0.2, 0.25) is 21.8 Å². The molecule has 0 bridgehead atoms. The number of amides is 1. The van der Waals surface area contributed by atoms with Gasteiger partial charge in [0.05, 0.1) is 28.6 Å².